The molecule has 4 nitrogen and oxygen atoms in total. The zero-order chi connectivity index (χ0) is 12.0. The minimum absolute atomic E-state index is 0.505. The lowest BCUT2D eigenvalue weighted by molar-refractivity contribution is 1.10. The number of aromatic amines is 2. The minimum Gasteiger partial charge on any atom is -0.382 e. The van der Waals surface area contributed by atoms with Gasteiger partial charge in [0.1, 0.15) is 5.82 Å². The number of hydrogen-bond donors (Lipinski definition) is 3. The van der Waals surface area contributed by atoms with Gasteiger partial charge >= 0.3 is 0 Å². The molecule has 0 aliphatic heterocycles. The molecule has 0 saturated carbocycles. The van der Waals surface area contributed by atoms with Gasteiger partial charge in [0.15, 0.2) is 0 Å². The van der Waals surface area contributed by atoms with Crippen molar-refractivity contribution in [1.82, 2.24) is 15.2 Å². The number of fused-ring (bicyclic) bond motifs is 1. The number of anilines is 1. The molecule has 2 aromatic heterocycles. The van der Waals surface area contributed by atoms with E-state index in [0.29, 0.717) is 5.82 Å². The van der Waals surface area contributed by atoms with Crippen LogP contribution >= 0.6 is 15.9 Å². The number of halogens is 1. The third-order valence-corrected chi connectivity index (χ3v) is 3.31. The van der Waals surface area contributed by atoms with Gasteiger partial charge in [0.2, 0.25) is 0 Å². The van der Waals surface area contributed by atoms with Crippen molar-refractivity contribution in [1.29, 1.82) is 0 Å². The van der Waals surface area contributed by atoms with Crippen molar-refractivity contribution in [3.05, 3.63) is 34.4 Å². The first-order valence-corrected chi connectivity index (χ1v) is 6.03. The molecular formula is C12H11BrN4. The standard InChI is InChI=1S/C12H11BrN4/c1-6-12(10-5-11(14)17-16-10)8-3-2-7(13)4-9(8)15-6/h2-5,15H,1H3,(H3,14,16,17). The monoisotopic (exact) mass is 290 g/mol. The van der Waals surface area contributed by atoms with E-state index in [4.69, 9.17) is 5.73 Å². The Morgan fingerprint density at radius 3 is 2.82 bits per heavy atom. The fraction of sp³-hybridized carbons (Fsp3) is 0.0833. The fourth-order valence-electron chi connectivity index (χ4n) is 2.12. The fourth-order valence-corrected chi connectivity index (χ4v) is 2.48. The van der Waals surface area contributed by atoms with Crippen LogP contribution in [0, 0.1) is 6.92 Å². The first-order valence-electron chi connectivity index (χ1n) is 5.24. The molecule has 1 aromatic carbocycles. The van der Waals surface area contributed by atoms with Gasteiger partial charge < -0.3 is 10.7 Å². The van der Waals surface area contributed by atoms with E-state index in [1.165, 1.54) is 0 Å². The van der Waals surface area contributed by atoms with Gasteiger partial charge in [-0.25, -0.2) is 0 Å². The van der Waals surface area contributed by atoms with E-state index in [1.807, 2.05) is 19.1 Å². The van der Waals surface area contributed by atoms with Crippen molar-refractivity contribution in [2.24, 2.45) is 0 Å². The Morgan fingerprint density at radius 1 is 1.29 bits per heavy atom. The Morgan fingerprint density at radius 2 is 2.12 bits per heavy atom. The average molecular weight is 291 g/mol. The van der Waals surface area contributed by atoms with Crippen molar-refractivity contribution < 1.29 is 0 Å². The van der Waals surface area contributed by atoms with Crippen LogP contribution in [0.1, 0.15) is 5.69 Å². The van der Waals surface area contributed by atoms with E-state index < -0.39 is 0 Å². The van der Waals surface area contributed by atoms with E-state index in [-0.39, 0.29) is 0 Å². The molecule has 4 N–H and O–H groups in total. The van der Waals surface area contributed by atoms with Gasteiger partial charge in [-0.15, -0.1) is 0 Å². The first-order chi connectivity index (χ1) is 8.15. The topological polar surface area (TPSA) is 70.5 Å². The highest BCUT2D eigenvalue weighted by Gasteiger charge is 2.12. The Bertz CT molecular complexity index is 696. The molecular weight excluding hydrogens is 280 g/mol. The number of nitrogen functional groups attached to an aromatic ring is 1. The Labute approximate surface area is 106 Å². The van der Waals surface area contributed by atoms with Crippen LogP contribution in [0.25, 0.3) is 22.2 Å². The Kier molecular flexibility index (Phi) is 2.22. The van der Waals surface area contributed by atoms with E-state index in [2.05, 4.69) is 43.2 Å². The molecule has 0 fully saturated rings. The zero-order valence-electron chi connectivity index (χ0n) is 9.21. The SMILES string of the molecule is Cc1[nH]c2cc(Br)ccc2c1-c1cc(N)n[nH]1. The minimum atomic E-state index is 0.505. The number of aryl methyl sites for hydroxylation is 1. The number of nitrogens with two attached hydrogens (primary N) is 1. The lowest BCUT2D eigenvalue weighted by Crippen LogP contribution is -1.81. The van der Waals surface area contributed by atoms with Crippen LogP contribution in [-0.4, -0.2) is 15.2 Å². The second-order valence-corrected chi connectivity index (χ2v) is 4.94. The molecule has 0 bridgehead atoms. The van der Waals surface area contributed by atoms with Crippen LogP contribution in [0.15, 0.2) is 28.7 Å². The quantitative estimate of drug-likeness (QED) is 0.644. The molecule has 0 spiro atoms. The average Bonchev–Trinajstić information content (AvgIpc) is 2.80. The van der Waals surface area contributed by atoms with E-state index in [0.717, 1.165) is 32.3 Å². The van der Waals surface area contributed by atoms with Gasteiger partial charge in [-0.05, 0) is 19.1 Å². The van der Waals surface area contributed by atoms with Gasteiger partial charge in [-0.3, -0.25) is 5.10 Å². The maximum Gasteiger partial charge on any atom is 0.145 e. The van der Waals surface area contributed by atoms with Crippen molar-refractivity contribution in [3.63, 3.8) is 0 Å². The van der Waals surface area contributed by atoms with Crippen molar-refractivity contribution in [2.75, 3.05) is 5.73 Å². The van der Waals surface area contributed by atoms with Crippen LogP contribution in [0.5, 0.6) is 0 Å². The highest BCUT2D eigenvalue weighted by Crippen LogP contribution is 2.32. The molecule has 86 valence electrons. The predicted octanol–water partition coefficient (Wildman–Crippen LogP) is 3.21. The summed E-state index contributed by atoms with van der Waals surface area (Å²) in [5, 5.41) is 8.08. The number of nitrogens with zero attached hydrogens (tertiary/aromatic N) is 1. The van der Waals surface area contributed by atoms with Crippen LogP contribution in [0.3, 0.4) is 0 Å². The molecule has 2 heterocycles. The molecule has 0 saturated heterocycles. The first kappa shape index (κ1) is 10.4. The van der Waals surface area contributed by atoms with Crippen LogP contribution in [0.4, 0.5) is 5.82 Å². The maximum absolute atomic E-state index is 5.64. The smallest absolute Gasteiger partial charge is 0.145 e. The zero-order valence-corrected chi connectivity index (χ0v) is 10.8. The highest BCUT2D eigenvalue weighted by atomic mass is 79.9. The molecule has 0 unspecified atom stereocenters. The third-order valence-electron chi connectivity index (χ3n) is 2.82. The Hall–Kier alpha value is -1.75. The van der Waals surface area contributed by atoms with Crippen molar-refractivity contribution >= 4 is 32.7 Å². The molecule has 17 heavy (non-hydrogen) atoms. The Balaban J connectivity index is 2.32. The summed E-state index contributed by atoms with van der Waals surface area (Å²) < 4.78 is 1.06. The lowest BCUT2D eigenvalue weighted by atomic mass is 10.1. The van der Waals surface area contributed by atoms with Gasteiger partial charge in [0, 0.05) is 32.7 Å². The number of aromatic nitrogens is 3. The summed E-state index contributed by atoms with van der Waals surface area (Å²) in [6.45, 7) is 2.04. The number of H-pyrrole nitrogens is 2. The van der Waals surface area contributed by atoms with Crippen LogP contribution in [0.2, 0.25) is 0 Å². The van der Waals surface area contributed by atoms with Gasteiger partial charge in [-0.1, -0.05) is 22.0 Å². The number of rotatable bonds is 1. The highest BCUT2D eigenvalue weighted by molar-refractivity contribution is 9.10. The maximum atomic E-state index is 5.64. The lowest BCUT2D eigenvalue weighted by Gasteiger charge is -1.97. The second-order valence-electron chi connectivity index (χ2n) is 4.02. The molecule has 5 heteroatoms. The summed E-state index contributed by atoms with van der Waals surface area (Å²) in [6.07, 6.45) is 0. The largest absolute Gasteiger partial charge is 0.382 e. The molecule has 0 aliphatic rings. The van der Waals surface area contributed by atoms with Gasteiger partial charge in [-0.2, -0.15) is 5.10 Å². The molecule has 3 aromatic rings. The van der Waals surface area contributed by atoms with Gasteiger partial charge in [0.05, 0.1) is 5.69 Å². The number of nitrogens with one attached hydrogen (secondary N) is 2. The van der Waals surface area contributed by atoms with E-state index >= 15 is 0 Å². The summed E-state index contributed by atoms with van der Waals surface area (Å²) in [6, 6.07) is 8.01. The van der Waals surface area contributed by atoms with E-state index in [9.17, 15) is 0 Å². The number of hydrogen-bond acceptors (Lipinski definition) is 2. The summed E-state index contributed by atoms with van der Waals surface area (Å²) >= 11 is 3.47. The molecule has 3 rings (SSSR count). The summed E-state index contributed by atoms with van der Waals surface area (Å²) in [5.41, 5.74) is 9.90. The molecule has 0 radical (unpaired) electrons. The predicted molar refractivity (Wildman–Crippen MR) is 72.7 cm³/mol. The van der Waals surface area contributed by atoms with Crippen LogP contribution < -0.4 is 5.73 Å². The molecule has 0 aliphatic carbocycles. The van der Waals surface area contributed by atoms with Crippen molar-refractivity contribution in [2.45, 2.75) is 6.92 Å². The summed E-state index contributed by atoms with van der Waals surface area (Å²) in [7, 11) is 0. The summed E-state index contributed by atoms with van der Waals surface area (Å²) in [5.74, 6) is 0.505. The number of benzene rings is 1. The van der Waals surface area contributed by atoms with Gasteiger partial charge in [0.25, 0.3) is 0 Å². The third kappa shape index (κ3) is 1.63. The van der Waals surface area contributed by atoms with Crippen LogP contribution in [-0.2, 0) is 0 Å². The second kappa shape index (κ2) is 3.63. The summed E-state index contributed by atoms with van der Waals surface area (Å²) in [4.78, 5) is 3.36. The molecule has 0 amide bonds. The van der Waals surface area contributed by atoms with Crippen molar-refractivity contribution in [3.8, 4) is 11.3 Å². The van der Waals surface area contributed by atoms with E-state index in [1.54, 1.807) is 0 Å². The normalized spacial score (nSPS) is 11.2. The molecule has 0 atom stereocenters.